The summed E-state index contributed by atoms with van der Waals surface area (Å²) in [6.07, 6.45) is 2.34. The molecule has 0 saturated carbocycles. The van der Waals surface area contributed by atoms with Crippen molar-refractivity contribution in [1.82, 2.24) is 19.5 Å². The summed E-state index contributed by atoms with van der Waals surface area (Å²) in [6, 6.07) is 5.66. The van der Waals surface area contributed by atoms with Crippen LogP contribution in [0.25, 0.3) is 5.82 Å². The summed E-state index contributed by atoms with van der Waals surface area (Å²) in [4.78, 5) is 4.29. The van der Waals surface area contributed by atoms with Crippen LogP contribution in [0.5, 0.6) is 0 Å². The number of rotatable bonds is 6. The second kappa shape index (κ2) is 6.36. The molecule has 21 heavy (non-hydrogen) atoms. The Bertz CT molecular complexity index is 708. The number of nitrogens with zero attached hydrogens (tertiary/aromatic N) is 3. The van der Waals surface area contributed by atoms with E-state index in [9.17, 15) is 8.42 Å². The molecule has 0 aliphatic rings. The van der Waals surface area contributed by atoms with Gasteiger partial charge in [0.1, 0.15) is 0 Å². The number of hydrogen-bond donors (Lipinski definition) is 1. The van der Waals surface area contributed by atoms with Crippen LogP contribution in [-0.4, -0.2) is 35.5 Å². The molecule has 2 aromatic rings. The molecule has 0 unspecified atom stereocenters. The van der Waals surface area contributed by atoms with E-state index in [1.165, 1.54) is 0 Å². The lowest BCUT2D eigenvalue weighted by Crippen LogP contribution is -2.27. The summed E-state index contributed by atoms with van der Waals surface area (Å²) >= 11 is 0. The smallest absolute Gasteiger partial charge is 0.211 e. The minimum absolute atomic E-state index is 0.0954. The van der Waals surface area contributed by atoms with Gasteiger partial charge in [-0.05, 0) is 44.9 Å². The van der Waals surface area contributed by atoms with Crippen molar-refractivity contribution in [1.29, 1.82) is 0 Å². The van der Waals surface area contributed by atoms with Crippen molar-refractivity contribution in [3.05, 3.63) is 41.3 Å². The molecular formula is C14H20N4O2S. The molecule has 0 bridgehead atoms. The molecule has 2 heterocycles. The van der Waals surface area contributed by atoms with Gasteiger partial charge in [-0.3, -0.25) is 0 Å². The Labute approximate surface area is 125 Å². The molecule has 7 heteroatoms. The van der Waals surface area contributed by atoms with Gasteiger partial charge in [-0.25, -0.2) is 22.8 Å². The van der Waals surface area contributed by atoms with E-state index >= 15 is 0 Å². The zero-order valence-electron chi connectivity index (χ0n) is 12.5. The minimum Gasteiger partial charge on any atom is -0.237 e. The highest BCUT2D eigenvalue weighted by atomic mass is 32.2. The molecule has 2 rings (SSSR count). The van der Waals surface area contributed by atoms with Crippen molar-refractivity contribution in [3.8, 4) is 5.82 Å². The maximum atomic E-state index is 11.4. The van der Waals surface area contributed by atoms with E-state index in [1.54, 1.807) is 17.8 Å². The first-order chi connectivity index (χ1) is 9.94. The highest BCUT2D eigenvalue weighted by Crippen LogP contribution is 2.16. The maximum Gasteiger partial charge on any atom is 0.211 e. The first kappa shape index (κ1) is 15.7. The highest BCUT2D eigenvalue weighted by Gasteiger charge is 2.14. The van der Waals surface area contributed by atoms with Crippen LogP contribution in [0, 0.1) is 13.8 Å². The molecule has 0 spiro atoms. The van der Waals surface area contributed by atoms with Gasteiger partial charge < -0.3 is 0 Å². The first-order valence-corrected chi connectivity index (χ1v) is 8.53. The van der Waals surface area contributed by atoms with Crippen molar-refractivity contribution in [2.24, 2.45) is 0 Å². The van der Waals surface area contributed by atoms with Gasteiger partial charge in [0, 0.05) is 18.4 Å². The van der Waals surface area contributed by atoms with Crippen LogP contribution in [0.4, 0.5) is 0 Å². The number of pyridine rings is 1. The normalized spacial score (nSPS) is 11.8. The van der Waals surface area contributed by atoms with Crippen molar-refractivity contribution in [3.63, 3.8) is 0 Å². The molecule has 0 saturated heterocycles. The summed E-state index contributed by atoms with van der Waals surface area (Å²) in [7, 11) is -3.15. The van der Waals surface area contributed by atoms with Gasteiger partial charge in [-0.2, -0.15) is 5.10 Å². The quantitative estimate of drug-likeness (QED) is 0.874. The number of sulfonamides is 1. The van der Waals surface area contributed by atoms with E-state index in [4.69, 9.17) is 0 Å². The number of aromatic nitrogens is 3. The van der Waals surface area contributed by atoms with Gasteiger partial charge in [0.05, 0.1) is 11.4 Å². The van der Waals surface area contributed by atoms with Crippen molar-refractivity contribution in [2.45, 2.75) is 27.2 Å². The fourth-order valence-electron chi connectivity index (χ4n) is 2.17. The summed E-state index contributed by atoms with van der Waals surface area (Å²) in [6.45, 7) is 5.90. The monoisotopic (exact) mass is 308 g/mol. The largest absolute Gasteiger partial charge is 0.237 e. The molecule has 0 radical (unpaired) electrons. The SMILES string of the molecule is CCS(=O)(=O)NCCc1c(C)nn(-c2ccccn2)c1C. The van der Waals surface area contributed by atoms with Gasteiger partial charge in [-0.15, -0.1) is 0 Å². The molecule has 0 aliphatic heterocycles. The van der Waals surface area contributed by atoms with E-state index in [0.717, 1.165) is 22.8 Å². The van der Waals surface area contributed by atoms with E-state index in [1.807, 2.05) is 32.0 Å². The number of hydrogen-bond acceptors (Lipinski definition) is 4. The lowest BCUT2D eigenvalue weighted by molar-refractivity contribution is 0.582. The van der Waals surface area contributed by atoms with E-state index in [2.05, 4.69) is 14.8 Å². The Morgan fingerprint density at radius 3 is 2.67 bits per heavy atom. The summed E-state index contributed by atoms with van der Waals surface area (Å²) in [5, 5.41) is 4.49. The standard InChI is InChI=1S/C14H20N4O2S/c1-4-21(19,20)16-10-8-13-11(2)17-18(12(13)3)14-7-5-6-9-15-14/h5-7,9,16H,4,8,10H2,1-3H3. The van der Waals surface area contributed by atoms with Crippen LogP contribution >= 0.6 is 0 Å². The second-order valence-electron chi connectivity index (χ2n) is 4.80. The van der Waals surface area contributed by atoms with Gasteiger partial charge in [-0.1, -0.05) is 6.07 Å². The molecule has 0 amide bonds. The maximum absolute atomic E-state index is 11.4. The summed E-state index contributed by atoms with van der Waals surface area (Å²) in [5.41, 5.74) is 2.94. The molecule has 1 N–H and O–H groups in total. The van der Waals surface area contributed by atoms with Crippen LogP contribution in [0.3, 0.4) is 0 Å². The fraction of sp³-hybridized carbons (Fsp3) is 0.429. The van der Waals surface area contributed by atoms with Gasteiger partial charge in [0.25, 0.3) is 0 Å². The molecule has 0 atom stereocenters. The third kappa shape index (κ3) is 3.68. The van der Waals surface area contributed by atoms with Gasteiger partial charge in [0.2, 0.25) is 10.0 Å². The van der Waals surface area contributed by atoms with Crippen LogP contribution in [0.1, 0.15) is 23.9 Å². The molecular weight excluding hydrogens is 288 g/mol. The van der Waals surface area contributed by atoms with Crippen LogP contribution < -0.4 is 4.72 Å². The third-order valence-electron chi connectivity index (χ3n) is 3.38. The molecule has 0 fully saturated rings. The third-order valence-corrected chi connectivity index (χ3v) is 4.79. The topological polar surface area (TPSA) is 76.9 Å². The minimum atomic E-state index is -3.15. The average molecular weight is 308 g/mol. The van der Waals surface area contributed by atoms with Crippen molar-refractivity contribution < 1.29 is 8.42 Å². The lowest BCUT2D eigenvalue weighted by Gasteiger charge is -2.06. The fourth-order valence-corrected chi connectivity index (χ4v) is 2.79. The van der Waals surface area contributed by atoms with E-state index in [0.29, 0.717) is 13.0 Å². The number of nitrogens with one attached hydrogen (secondary N) is 1. The summed E-state index contributed by atoms with van der Waals surface area (Å²) in [5.74, 6) is 0.858. The predicted molar refractivity (Wildman–Crippen MR) is 82.0 cm³/mol. The highest BCUT2D eigenvalue weighted by molar-refractivity contribution is 7.89. The van der Waals surface area contributed by atoms with Gasteiger partial charge >= 0.3 is 0 Å². The lowest BCUT2D eigenvalue weighted by atomic mass is 10.1. The Kier molecular flexibility index (Phi) is 4.74. The van der Waals surface area contributed by atoms with Gasteiger partial charge in [0.15, 0.2) is 5.82 Å². The Hall–Kier alpha value is -1.73. The van der Waals surface area contributed by atoms with Crippen molar-refractivity contribution >= 4 is 10.0 Å². The molecule has 6 nitrogen and oxygen atoms in total. The Morgan fingerprint density at radius 1 is 1.29 bits per heavy atom. The van der Waals surface area contributed by atoms with Crippen LogP contribution in [0.15, 0.2) is 24.4 Å². The Morgan fingerprint density at radius 2 is 2.05 bits per heavy atom. The van der Waals surface area contributed by atoms with E-state index in [-0.39, 0.29) is 5.75 Å². The Balaban J connectivity index is 2.17. The molecule has 2 aromatic heterocycles. The second-order valence-corrected chi connectivity index (χ2v) is 6.89. The molecule has 0 aliphatic carbocycles. The molecule has 0 aromatic carbocycles. The zero-order chi connectivity index (χ0) is 15.5. The average Bonchev–Trinajstić information content (AvgIpc) is 2.76. The van der Waals surface area contributed by atoms with Crippen LogP contribution in [-0.2, 0) is 16.4 Å². The van der Waals surface area contributed by atoms with E-state index < -0.39 is 10.0 Å². The number of aryl methyl sites for hydroxylation is 1. The zero-order valence-corrected chi connectivity index (χ0v) is 13.3. The molecule has 114 valence electrons. The van der Waals surface area contributed by atoms with Crippen molar-refractivity contribution in [2.75, 3.05) is 12.3 Å². The summed E-state index contributed by atoms with van der Waals surface area (Å²) < 4.78 is 27.3. The van der Waals surface area contributed by atoms with Crippen LogP contribution in [0.2, 0.25) is 0 Å². The predicted octanol–water partition coefficient (Wildman–Crippen LogP) is 1.37. The first-order valence-electron chi connectivity index (χ1n) is 6.88.